The molecular weight excluding hydrogens is 285 g/mol. The highest BCUT2D eigenvalue weighted by atomic mass is 32.1. The molecule has 0 aromatic heterocycles. The monoisotopic (exact) mass is 303 g/mol. The second-order valence-electron chi connectivity index (χ2n) is 4.85. The largest absolute Gasteiger partial charge is 0.489 e. The second kappa shape index (κ2) is 7.18. The molecule has 4 heteroatoms. The minimum Gasteiger partial charge on any atom is -0.489 e. The lowest BCUT2D eigenvalue weighted by Crippen LogP contribution is -2.14. The van der Waals surface area contributed by atoms with E-state index < -0.39 is 0 Å². The zero-order chi connectivity index (χ0) is 15.2. The van der Waals surface area contributed by atoms with Gasteiger partial charge in [0.15, 0.2) is 0 Å². The van der Waals surface area contributed by atoms with E-state index in [2.05, 4.69) is 19.1 Å². The van der Waals surface area contributed by atoms with Crippen molar-refractivity contribution in [3.63, 3.8) is 0 Å². The van der Waals surface area contributed by atoms with Crippen LogP contribution in [0, 0.1) is 5.82 Å². The number of ether oxygens (including phenoxy) is 1. The molecule has 0 saturated carbocycles. The summed E-state index contributed by atoms with van der Waals surface area (Å²) in [4.78, 5) is 0.173. The van der Waals surface area contributed by atoms with Crippen LogP contribution >= 0.6 is 12.2 Å². The van der Waals surface area contributed by atoms with E-state index >= 15 is 0 Å². The number of nitrogens with two attached hydrogens (primary N) is 1. The van der Waals surface area contributed by atoms with Gasteiger partial charge in [-0.2, -0.15) is 0 Å². The molecular formula is C17H18FNOS. The summed E-state index contributed by atoms with van der Waals surface area (Å²) in [5.41, 5.74) is 8.20. The predicted octanol–water partition coefficient (Wildman–Crippen LogP) is 3.99. The van der Waals surface area contributed by atoms with E-state index in [0.29, 0.717) is 12.2 Å². The molecule has 2 aromatic carbocycles. The minimum atomic E-state index is -0.356. The van der Waals surface area contributed by atoms with Crippen molar-refractivity contribution in [2.24, 2.45) is 5.73 Å². The minimum absolute atomic E-state index is 0.173. The van der Waals surface area contributed by atoms with Gasteiger partial charge in [0.05, 0.1) is 0 Å². The highest BCUT2D eigenvalue weighted by Gasteiger charge is 2.07. The van der Waals surface area contributed by atoms with Crippen molar-refractivity contribution in [1.29, 1.82) is 0 Å². The van der Waals surface area contributed by atoms with Crippen LogP contribution < -0.4 is 10.5 Å². The fraction of sp³-hybridized carbons (Fsp3) is 0.235. The molecule has 21 heavy (non-hydrogen) atoms. The average Bonchev–Trinajstić information content (AvgIpc) is 2.47. The number of hydrogen-bond donors (Lipinski definition) is 1. The summed E-state index contributed by atoms with van der Waals surface area (Å²) in [6.07, 6.45) is 2.18. The first kappa shape index (κ1) is 15.4. The van der Waals surface area contributed by atoms with E-state index in [1.807, 2.05) is 12.1 Å². The summed E-state index contributed by atoms with van der Waals surface area (Å²) in [5.74, 6) is 0.415. The summed E-state index contributed by atoms with van der Waals surface area (Å²) < 4.78 is 18.9. The quantitative estimate of drug-likeness (QED) is 0.820. The van der Waals surface area contributed by atoms with Gasteiger partial charge in [-0.05, 0) is 41.8 Å². The van der Waals surface area contributed by atoms with Gasteiger partial charge in [-0.1, -0.05) is 43.8 Å². The Labute approximate surface area is 129 Å². The van der Waals surface area contributed by atoms with Crippen LogP contribution in [0.25, 0.3) is 0 Å². The van der Waals surface area contributed by atoms with Crippen molar-refractivity contribution in [1.82, 2.24) is 0 Å². The molecule has 0 heterocycles. The Morgan fingerprint density at radius 1 is 1.19 bits per heavy atom. The fourth-order valence-corrected chi connectivity index (χ4v) is 2.30. The van der Waals surface area contributed by atoms with Crippen molar-refractivity contribution < 1.29 is 9.13 Å². The Bertz CT molecular complexity index is 625. The SMILES string of the molecule is CCCc1ccc(OCc2ccc(F)cc2C(N)=S)cc1. The summed E-state index contributed by atoms with van der Waals surface area (Å²) in [6.45, 7) is 2.45. The average molecular weight is 303 g/mol. The second-order valence-corrected chi connectivity index (χ2v) is 5.29. The summed E-state index contributed by atoms with van der Waals surface area (Å²) in [7, 11) is 0. The number of halogens is 1. The topological polar surface area (TPSA) is 35.2 Å². The van der Waals surface area contributed by atoms with Gasteiger partial charge in [0.2, 0.25) is 0 Å². The molecule has 0 bridgehead atoms. The van der Waals surface area contributed by atoms with Crippen LogP contribution in [0.3, 0.4) is 0 Å². The molecule has 0 radical (unpaired) electrons. The highest BCUT2D eigenvalue weighted by molar-refractivity contribution is 7.80. The van der Waals surface area contributed by atoms with Crippen molar-refractivity contribution in [3.05, 3.63) is 65.0 Å². The van der Waals surface area contributed by atoms with Gasteiger partial charge in [0, 0.05) is 5.56 Å². The van der Waals surface area contributed by atoms with E-state index in [1.165, 1.54) is 17.7 Å². The smallest absolute Gasteiger partial charge is 0.123 e. The van der Waals surface area contributed by atoms with E-state index in [4.69, 9.17) is 22.7 Å². The normalized spacial score (nSPS) is 10.4. The van der Waals surface area contributed by atoms with Crippen LogP contribution in [-0.4, -0.2) is 4.99 Å². The molecule has 2 aromatic rings. The number of hydrogen-bond acceptors (Lipinski definition) is 2. The zero-order valence-corrected chi connectivity index (χ0v) is 12.8. The van der Waals surface area contributed by atoms with Crippen molar-refractivity contribution in [2.45, 2.75) is 26.4 Å². The van der Waals surface area contributed by atoms with Gasteiger partial charge in [0.1, 0.15) is 23.2 Å². The molecule has 0 aliphatic rings. The van der Waals surface area contributed by atoms with Gasteiger partial charge in [0.25, 0.3) is 0 Å². The van der Waals surface area contributed by atoms with Crippen molar-refractivity contribution in [2.75, 3.05) is 0 Å². The van der Waals surface area contributed by atoms with Crippen molar-refractivity contribution >= 4 is 17.2 Å². The van der Waals surface area contributed by atoms with E-state index in [-0.39, 0.29) is 10.8 Å². The van der Waals surface area contributed by atoms with E-state index in [0.717, 1.165) is 24.2 Å². The van der Waals surface area contributed by atoms with Crippen molar-refractivity contribution in [3.8, 4) is 5.75 Å². The molecule has 2 nitrogen and oxygen atoms in total. The summed E-state index contributed by atoms with van der Waals surface area (Å²) in [5, 5.41) is 0. The maximum atomic E-state index is 13.2. The Balaban J connectivity index is 2.07. The Hall–Kier alpha value is -1.94. The zero-order valence-electron chi connectivity index (χ0n) is 11.9. The maximum Gasteiger partial charge on any atom is 0.123 e. The molecule has 0 unspecified atom stereocenters. The molecule has 0 aliphatic heterocycles. The molecule has 2 rings (SSSR count). The lowest BCUT2D eigenvalue weighted by atomic mass is 10.1. The Kier molecular flexibility index (Phi) is 5.28. The molecule has 0 saturated heterocycles. The van der Waals surface area contributed by atoms with Crippen LogP contribution in [0.15, 0.2) is 42.5 Å². The first-order valence-electron chi connectivity index (χ1n) is 6.90. The number of thiocarbonyl (C=S) groups is 1. The predicted molar refractivity (Wildman–Crippen MR) is 87.1 cm³/mol. The first-order valence-corrected chi connectivity index (χ1v) is 7.31. The molecule has 0 aliphatic carbocycles. The fourth-order valence-electron chi connectivity index (χ4n) is 2.11. The van der Waals surface area contributed by atoms with Gasteiger partial charge < -0.3 is 10.5 Å². The lowest BCUT2D eigenvalue weighted by Gasteiger charge is -2.11. The molecule has 0 amide bonds. The van der Waals surface area contributed by atoms with Crippen LogP contribution in [0.2, 0.25) is 0 Å². The third kappa shape index (κ3) is 4.26. The maximum absolute atomic E-state index is 13.2. The molecule has 110 valence electrons. The summed E-state index contributed by atoms with van der Waals surface area (Å²) in [6, 6.07) is 12.4. The van der Waals surface area contributed by atoms with Crippen LogP contribution in [0.4, 0.5) is 4.39 Å². The van der Waals surface area contributed by atoms with Gasteiger partial charge >= 0.3 is 0 Å². The Morgan fingerprint density at radius 3 is 2.52 bits per heavy atom. The van der Waals surface area contributed by atoms with Gasteiger partial charge in [-0.15, -0.1) is 0 Å². The Morgan fingerprint density at radius 2 is 1.90 bits per heavy atom. The lowest BCUT2D eigenvalue weighted by molar-refractivity contribution is 0.306. The van der Waals surface area contributed by atoms with E-state index in [9.17, 15) is 4.39 Å². The van der Waals surface area contributed by atoms with Gasteiger partial charge in [-0.25, -0.2) is 4.39 Å². The third-order valence-corrected chi connectivity index (χ3v) is 3.41. The third-order valence-electron chi connectivity index (χ3n) is 3.19. The molecule has 0 spiro atoms. The van der Waals surface area contributed by atoms with Crippen LogP contribution in [-0.2, 0) is 13.0 Å². The number of aryl methyl sites for hydroxylation is 1. The highest BCUT2D eigenvalue weighted by Crippen LogP contribution is 2.17. The number of benzene rings is 2. The first-order chi connectivity index (χ1) is 10.1. The van der Waals surface area contributed by atoms with Crippen LogP contribution in [0.5, 0.6) is 5.75 Å². The standard InChI is InChI=1S/C17H18FNOS/c1-2-3-12-4-8-15(9-5-12)20-11-13-6-7-14(18)10-16(13)17(19)21/h4-10H,2-3,11H2,1H3,(H2,19,21). The van der Waals surface area contributed by atoms with Gasteiger partial charge in [-0.3, -0.25) is 0 Å². The van der Waals surface area contributed by atoms with E-state index in [1.54, 1.807) is 6.07 Å². The summed E-state index contributed by atoms with van der Waals surface area (Å²) >= 11 is 4.94. The van der Waals surface area contributed by atoms with Crippen LogP contribution in [0.1, 0.15) is 30.0 Å². The molecule has 0 fully saturated rings. The molecule has 0 atom stereocenters. The molecule has 2 N–H and O–H groups in total. The number of rotatable bonds is 6.